The van der Waals surface area contributed by atoms with Crippen LogP contribution < -0.4 is 10.6 Å². The van der Waals surface area contributed by atoms with Crippen molar-refractivity contribution in [3.05, 3.63) is 0 Å². The maximum atomic E-state index is 4.38. The van der Waals surface area contributed by atoms with E-state index in [-0.39, 0.29) is 0 Å². The van der Waals surface area contributed by atoms with Gasteiger partial charge >= 0.3 is 0 Å². The normalized spacial score (nSPS) is 25.5. The third-order valence-corrected chi connectivity index (χ3v) is 3.16. The molecule has 3 nitrogen and oxygen atoms in total. The molecule has 1 saturated heterocycles. The SMILES string of the molecule is C1CSC(NC2CCNCC2)=N1. The number of nitrogens with one attached hydrogen (secondary N) is 2. The molecule has 2 N–H and O–H groups in total. The van der Waals surface area contributed by atoms with Crippen LogP contribution in [0.1, 0.15) is 12.8 Å². The van der Waals surface area contributed by atoms with Gasteiger partial charge in [-0.15, -0.1) is 0 Å². The lowest BCUT2D eigenvalue weighted by Crippen LogP contribution is -2.41. The summed E-state index contributed by atoms with van der Waals surface area (Å²) in [6.07, 6.45) is 2.47. The average molecular weight is 185 g/mol. The van der Waals surface area contributed by atoms with Gasteiger partial charge in [-0.2, -0.15) is 0 Å². The Hall–Kier alpha value is -0.220. The Kier molecular flexibility index (Phi) is 2.89. The van der Waals surface area contributed by atoms with Crippen LogP contribution in [0.4, 0.5) is 0 Å². The Labute approximate surface area is 77.4 Å². The quantitative estimate of drug-likeness (QED) is 0.622. The lowest BCUT2D eigenvalue weighted by Gasteiger charge is -2.24. The number of nitrogens with zero attached hydrogens (tertiary/aromatic N) is 1. The van der Waals surface area contributed by atoms with Gasteiger partial charge in [0, 0.05) is 11.8 Å². The second-order valence-corrected chi connectivity index (χ2v) is 4.29. The van der Waals surface area contributed by atoms with E-state index in [1.165, 1.54) is 18.0 Å². The summed E-state index contributed by atoms with van der Waals surface area (Å²) in [6, 6.07) is 0.663. The molecule has 0 aromatic rings. The molecule has 0 amide bonds. The van der Waals surface area contributed by atoms with Crippen LogP contribution in [0.25, 0.3) is 0 Å². The zero-order valence-electron chi connectivity index (χ0n) is 7.18. The molecule has 0 bridgehead atoms. The predicted octanol–water partition coefficient (Wildman–Crippen LogP) is 0.431. The van der Waals surface area contributed by atoms with E-state index in [0.717, 1.165) is 25.4 Å². The van der Waals surface area contributed by atoms with Crippen molar-refractivity contribution in [2.75, 3.05) is 25.4 Å². The summed E-state index contributed by atoms with van der Waals surface area (Å²) >= 11 is 1.85. The van der Waals surface area contributed by atoms with E-state index in [0.29, 0.717) is 6.04 Å². The van der Waals surface area contributed by atoms with E-state index in [1.807, 2.05) is 11.8 Å². The first-order valence-electron chi connectivity index (χ1n) is 4.59. The third-order valence-electron chi connectivity index (χ3n) is 2.25. The lowest BCUT2D eigenvalue weighted by atomic mass is 10.1. The molecule has 0 aromatic carbocycles. The number of aliphatic imine (C=N–C) groups is 1. The van der Waals surface area contributed by atoms with E-state index >= 15 is 0 Å². The summed E-state index contributed by atoms with van der Waals surface area (Å²) in [6.45, 7) is 3.29. The molecule has 4 heteroatoms. The molecule has 2 heterocycles. The average Bonchev–Trinajstić information content (AvgIpc) is 2.59. The highest BCUT2D eigenvalue weighted by Gasteiger charge is 2.15. The minimum Gasteiger partial charge on any atom is -0.362 e. The standard InChI is InChI=1S/C8H15N3S/c1-3-9-4-2-7(1)11-8-10-5-6-12-8/h7,9H,1-6H2,(H,10,11). The molecule has 0 aromatic heterocycles. The predicted molar refractivity (Wildman–Crippen MR) is 53.8 cm³/mol. The van der Waals surface area contributed by atoms with Crippen molar-refractivity contribution in [2.24, 2.45) is 4.99 Å². The summed E-state index contributed by atoms with van der Waals surface area (Å²) in [5, 5.41) is 8.01. The summed E-state index contributed by atoms with van der Waals surface area (Å²) < 4.78 is 0. The Balaban J connectivity index is 1.77. The smallest absolute Gasteiger partial charge is 0.156 e. The summed E-state index contributed by atoms with van der Waals surface area (Å²) in [4.78, 5) is 4.38. The van der Waals surface area contributed by atoms with E-state index in [4.69, 9.17) is 0 Å². The van der Waals surface area contributed by atoms with E-state index in [2.05, 4.69) is 15.6 Å². The van der Waals surface area contributed by atoms with Gasteiger partial charge in [0.1, 0.15) is 0 Å². The molecular formula is C8H15N3S. The van der Waals surface area contributed by atoms with Gasteiger partial charge in [0.05, 0.1) is 6.54 Å². The van der Waals surface area contributed by atoms with Crippen molar-refractivity contribution >= 4 is 16.9 Å². The van der Waals surface area contributed by atoms with Gasteiger partial charge < -0.3 is 10.6 Å². The van der Waals surface area contributed by atoms with Crippen LogP contribution in [0.3, 0.4) is 0 Å². The van der Waals surface area contributed by atoms with Gasteiger partial charge in [-0.1, -0.05) is 11.8 Å². The first-order chi connectivity index (χ1) is 5.95. The maximum absolute atomic E-state index is 4.38. The fraction of sp³-hybridized carbons (Fsp3) is 0.875. The summed E-state index contributed by atoms with van der Waals surface area (Å²) in [7, 11) is 0. The van der Waals surface area contributed by atoms with Gasteiger partial charge in [0.2, 0.25) is 0 Å². The van der Waals surface area contributed by atoms with Gasteiger partial charge in [-0.3, -0.25) is 4.99 Å². The molecule has 0 spiro atoms. The van der Waals surface area contributed by atoms with Crippen LogP contribution in [0, 0.1) is 0 Å². The summed E-state index contributed by atoms with van der Waals surface area (Å²) in [5.41, 5.74) is 0. The van der Waals surface area contributed by atoms with Crippen molar-refractivity contribution in [1.82, 2.24) is 10.6 Å². The van der Waals surface area contributed by atoms with Gasteiger partial charge in [0.25, 0.3) is 0 Å². The zero-order chi connectivity index (χ0) is 8.23. The first-order valence-corrected chi connectivity index (χ1v) is 5.58. The monoisotopic (exact) mass is 185 g/mol. The number of amidine groups is 1. The van der Waals surface area contributed by atoms with Crippen LogP contribution in [0.2, 0.25) is 0 Å². The fourth-order valence-electron chi connectivity index (χ4n) is 1.56. The van der Waals surface area contributed by atoms with Gasteiger partial charge in [-0.25, -0.2) is 0 Å². The van der Waals surface area contributed by atoms with E-state index in [1.54, 1.807) is 0 Å². The van der Waals surface area contributed by atoms with E-state index in [9.17, 15) is 0 Å². The maximum Gasteiger partial charge on any atom is 0.156 e. The molecule has 0 saturated carbocycles. The second-order valence-electron chi connectivity index (χ2n) is 3.20. The Bertz CT molecular complexity index is 175. The molecule has 2 aliphatic heterocycles. The molecule has 2 rings (SSSR count). The van der Waals surface area contributed by atoms with Gasteiger partial charge in [-0.05, 0) is 25.9 Å². The molecule has 0 aliphatic carbocycles. The topological polar surface area (TPSA) is 36.4 Å². The van der Waals surface area contributed by atoms with Crippen molar-refractivity contribution < 1.29 is 0 Å². The van der Waals surface area contributed by atoms with Crippen molar-refractivity contribution in [2.45, 2.75) is 18.9 Å². The minimum absolute atomic E-state index is 0.663. The molecule has 1 fully saturated rings. The Morgan fingerprint density at radius 3 is 2.92 bits per heavy atom. The third kappa shape index (κ3) is 2.14. The van der Waals surface area contributed by atoms with Crippen molar-refractivity contribution in [1.29, 1.82) is 0 Å². The van der Waals surface area contributed by atoms with Crippen LogP contribution in [0.15, 0.2) is 4.99 Å². The van der Waals surface area contributed by atoms with Crippen LogP contribution in [-0.2, 0) is 0 Å². The molecule has 0 radical (unpaired) electrons. The van der Waals surface area contributed by atoms with Crippen LogP contribution >= 0.6 is 11.8 Å². The molecule has 0 atom stereocenters. The molecule has 0 unspecified atom stereocenters. The number of thioether (sulfide) groups is 1. The molecule has 2 aliphatic rings. The lowest BCUT2D eigenvalue weighted by molar-refractivity contribution is 0.431. The Morgan fingerprint density at radius 1 is 1.42 bits per heavy atom. The number of piperidine rings is 1. The molecule has 12 heavy (non-hydrogen) atoms. The largest absolute Gasteiger partial charge is 0.362 e. The first kappa shape index (κ1) is 8.38. The van der Waals surface area contributed by atoms with Crippen molar-refractivity contribution in [3.63, 3.8) is 0 Å². The highest BCUT2D eigenvalue weighted by molar-refractivity contribution is 8.14. The fourth-order valence-corrected chi connectivity index (χ4v) is 2.37. The van der Waals surface area contributed by atoms with Crippen LogP contribution in [-0.4, -0.2) is 36.6 Å². The highest BCUT2D eigenvalue weighted by Crippen LogP contribution is 2.12. The number of rotatable bonds is 1. The highest BCUT2D eigenvalue weighted by atomic mass is 32.2. The zero-order valence-corrected chi connectivity index (χ0v) is 7.99. The summed E-state index contributed by atoms with van der Waals surface area (Å²) in [5.74, 6) is 1.16. The van der Waals surface area contributed by atoms with Crippen LogP contribution in [0.5, 0.6) is 0 Å². The van der Waals surface area contributed by atoms with E-state index < -0.39 is 0 Å². The minimum atomic E-state index is 0.663. The molecule has 68 valence electrons. The molecular weight excluding hydrogens is 170 g/mol. The van der Waals surface area contributed by atoms with Crippen molar-refractivity contribution in [3.8, 4) is 0 Å². The number of hydrogen-bond acceptors (Lipinski definition) is 4. The second kappa shape index (κ2) is 4.14. The number of hydrogen-bond donors (Lipinski definition) is 2. The Morgan fingerprint density at radius 2 is 2.25 bits per heavy atom. The van der Waals surface area contributed by atoms with Gasteiger partial charge in [0.15, 0.2) is 5.17 Å².